The molecule has 7 heteroatoms. The molecule has 2 N–H and O–H groups in total. The van der Waals surface area contributed by atoms with Gasteiger partial charge in [-0.05, 0) is 25.1 Å². The van der Waals surface area contributed by atoms with Gasteiger partial charge in [0.1, 0.15) is 11.5 Å². The molecule has 7 nitrogen and oxygen atoms in total. The van der Waals surface area contributed by atoms with Crippen molar-refractivity contribution >= 4 is 12.2 Å². The average Bonchev–Trinajstić information content (AvgIpc) is 2.46. The van der Waals surface area contributed by atoms with Crippen LogP contribution in [0.1, 0.15) is 11.3 Å². The summed E-state index contributed by atoms with van der Waals surface area (Å²) in [6, 6.07) is 6.77. The highest BCUT2D eigenvalue weighted by molar-refractivity contribution is 5.84. The first-order chi connectivity index (χ1) is 10.1. The minimum atomic E-state index is -0.237. The van der Waals surface area contributed by atoms with Crippen LogP contribution in [-0.2, 0) is 0 Å². The van der Waals surface area contributed by atoms with E-state index >= 15 is 0 Å². The molecule has 110 valence electrons. The van der Waals surface area contributed by atoms with Gasteiger partial charge in [-0.1, -0.05) is 0 Å². The Labute approximate surface area is 121 Å². The monoisotopic (exact) mass is 288 g/mol. The lowest BCUT2D eigenvalue weighted by molar-refractivity contribution is 0.402. The van der Waals surface area contributed by atoms with Crippen LogP contribution in [0.2, 0.25) is 0 Å². The van der Waals surface area contributed by atoms with Gasteiger partial charge in [-0.3, -0.25) is 9.78 Å². The van der Waals surface area contributed by atoms with Crippen molar-refractivity contribution in [1.29, 1.82) is 0 Å². The minimum absolute atomic E-state index is 0.237. The number of aromatic nitrogens is 2. The van der Waals surface area contributed by atoms with Gasteiger partial charge in [-0.15, -0.1) is 0 Å². The molecule has 0 aliphatic carbocycles. The molecule has 1 heterocycles. The van der Waals surface area contributed by atoms with Gasteiger partial charge in [0.05, 0.1) is 20.4 Å². The number of aromatic amines is 1. The van der Waals surface area contributed by atoms with Crippen molar-refractivity contribution < 1.29 is 9.47 Å². The van der Waals surface area contributed by atoms with Gasteiger partial charge < -0.3 is 9.47 Å². The van der Waals surface area contributed by atoms with Gasteiger partial charge in [0, 0.05) is 17.3 Å². The number of anilines is 1. The summed E-state index contributed by atoms with van der Waals surface area (Å²) < 4.78 is 10.4. The van der Waals surface area contributed by atoms with Gasteiger partial charge in [-0.2, -0.15) is 5.10 Å². The van der Waals surface area contributed by atoms with E-state index in [0.29, 0.717) is 17.2 Å². The first kappa shape index (κ1) is 14.6. The molecule has 0 atom stereocenters. The first-order valence-corrected chi connectivity index (χ1v) is 6.21. The molecule has 0 amide bonds. The smallest absolute Gasteiger partial charge is 0.252 e. The lowest BCUT2D eigenvalue weighted by Gasteiger charge is -2.06. The zero-order valence-electron chi connectivity index (χ0n) is 12.0. The van der Waals surface area contributed by atoms with Crippen molar-refractivity contribution in [1.82, 2.24) is 9.97 Å². The van der Waals surface area contributed by atoms with Crippen LogP contribution >= 0.6 is 0 Å². The molecule has 1 aromatic carbocycles. The Kier molecular flexibility index (Phi) is 4.55. The largest absolute Gasteiger partial charge is 0.497 e. The zero-order valence-corrected chi connectivity index (χ0v) is 12.0. The van der Waals surface area contributed by atoms with E-state index in [1.807, 2.05) is 0 Å². The maximum atomic E-state index is 11.3. The van der Waals surface area contributed by atoms with Gasteiger partial charge in [0.15, 0.2) is 0 Å². The number of aryl methyl sites for hydroxylation is 1. The molecule has 0 fully saturated rings. The molecule has 0 saturated heterocycles. The van der Waals surface area contributed by atoms with Crippen molar-refractivity contribution in [2.45, 2.75) is 6.92 Å². The summed E-state index contributed by atoms with van der Waals surface area (Å²) in [6.45, 7) is 1.73. The number of nitrogens with zero attached hydrogens (tertiary/aromatic N) is 2. The molecule has 0 unspecified atom stereocenters. The standard InChI is InChI=1S/C14H16N4O3/c1-9-6-13(19)17-14(16-9)18-15-8-10-7-11(20-2)4-5-12(10)21-3/h4-8H,1-3H3,(H2,16,17,18,19)/b15-8+. The summed E-state index contributed by atoms with van der Waals surface area (Å²) >= 11 is 0. The number of nitrogens with one attached hydrogen (secondary N) is 2. The predicted octanol–water partition coefficient (Wildman–Crippen LogP) is 1.54. The lowest BCUT2D eigenvalue weighted by Crippen LogP contribution is -2.10. The van der Waals surface area contributed by atoms with E-state index in [2.05, 4.69) is 20.5 Å². The molecule has 2 aromatic rings. The van der Waals surface area contributed by atoms with Crippen molar-refractivity contribution in [3.63, 3.8) is 0 Å². The molecular weight excluding hydrogens is 272 g/mol. The molecule has 2 rings (SSSR count). The van der Waals surface area contributed by atoms with E-state index in [1.165, 1.54) is 6.07 Å². The van der Waals surface area contributed by atoms with Gasteiger partial charge in [0.25, 0.3) is 5.56 Å². The Hall–Kier alpha value is -2.83. The van der Waals surface area contributed by atoms with Crippen LogP contribution in [0.5, 0.6) is 11.5 Å². The minimum Gasteiger partial charge on any atom is -0.497 e. The predicted molar refractivity (Wildman–Crippen MR) is 80.4 cm³/mol. The molecular formula is C14H16N4O3. The normalized spacial score (nSPS) is 10.6. The van der Waals surface area contributed by atoms with Crippen LogP contribution in [0.15, 0.2) is 34.2 Å². The number of H-pyrrole nitrogens is 1. The number of rotatable bonds is 5. The summed E-state index contributed by atoms with van der Waals surface area (Å²) in [4.78, 5) is 17.9. The molecule has 21 heavy (non-hydrogen) atoms. The fourth-order valence-corrected chi connectivity index (χ4v) is 1.74. The third-order valence-electron chi connectivity index (χ3n) is 2.68. The van der Waals surface area contributed by atoms with Crippen LogP contribution in [0.4, 0.5) is 5.95 Å². The number of hydrogen-bond acceptors (Lipinski definition) is 6. The number of hydrazone groups is 1. The highest BCUT2D eigenvalue weighted by Crippen LogP contribution is 2.22. The van der Waals surface area contributed by atoms with E-state index in [4.69, 9.17) is 9.47 Å². The Bertz CT molecular complexity index is 710. The maximum Gasteiger partial charge on any atom is 0.252 e. The van der Waals surface area contributed by atoms with Crippen molar-refractivity contribution in [2.75, 3.05) is 19.6 Å². The third-order valence-corrected chi connectivity index (χ3v) is 2.68. The van der Waals surface area contributed by atoms with E-state index in [1.54, 1.807) is 45.6 Å². The zero-order chi connectivity index (χ0) is 15.2. The summed E-state index contributed by atoms with van der Waals surface area (Å²) in [5.41, 5.74) is 3.78. The Morgan fingerprint density at radius 1 is 1.29 bits per heavy atom. The Morgan fingerprint density at radius 2 is 2.10 bits per heavy atom. The average molecular weight is 288 g/mol. The number of hydrogen-bond donors (Lipinski definition) is 2. The summed E-state index contributed by atoms with van der Waals surface area (Å²) in [5.74, 6) is 1.63. The number of ether oxygens (including phenoxy) is 2. The topological polar surface area (TPSA) is 88.6 Å². The van der Waals surface area contributed by atoms with Crippen molar-refractivity contribution in [2.24, 2.45) is 5.10 Å². The number of methoxy groups -OCH3 is 2. The SMILES string of the molecule is COc1ccc(OC)c(/C=N/Nc2nc(C)cc(=O)[nH]2)c1. The van der Waals surface area contributed by atoms with E-state index in [9.17, 15) is 4.79 Å². The van der Waals surface area contributed by atoms with Gasteiger partial charge >= 0.3 is 0 Å². The fraction of sp³-hybridized carbons (Fsp3) is 0.214. The number of benzene rings is 1. The maximum absolute atomic E-state index is 11.3. The first-order valence-electron chi connectivity index (χ1n) is 6.21. The van der Waals surface area contributed by atoms with E-state index in [-0.39, 0.29) is 11.5 Å². The van der Waals surface area contributed by atoms with E-state index in [0.717, 1.165) is 5.56 Å². The third kappa shape index (κ3) is 3.82. The van der Waals surface area contributed by atoms with Crippen molar-refractivity contribution in [3.05, 3.63) is 45.9 Å². The Balaban J connectivity index is 2.19. The molecule has 0 saturated carbocycles. The molecule has 0 radical (unpaired) electrons. The van der Waals surface area contributed by atoms with Crippen LogP contribution in [-0.4, -0.2) is 30.4 Å². The van der Waals surface area contributed by atoms with Crippen LogP contribution < -0.4 is 20.5 Å². The van der Waals surface area contributed by atoms with Crippen LogP contribution in [0.3, 0.4) is 0 Å². The second-order valence-corrected chi connectivity index (χ2v) is 4.21. The summed E-state index contributed by atoms with van der Waals surface area (Å²) in [5, 5.41) is 4.03. The van der Waals surface area contributed by atoms with E-state index < -0.39 is 0 Å². The molecule has 0 aliphatic heterocycles. The fourth-order valence-electron chi connectivity index (χ4n) is 1.74. The molecule has 1 aromatic heterocycles. The second-order valence-electron chi connectivity index (χ2n) is 4.21. The molecule has 0 bridgehead atoms. The highest BCUT2D eigenvalue weighted by atomic mass is 16.5. The quantitative estimate of drug-likeness (QED) is 0.643. The van der Waals surface area contributed by atoms with Gasteiger partial charge in [0.2, 0.25) is 5.95 Å². The highest BCUT2D eigenvalue weighted by Gasteiger charge is 2.02. The second kappa shape index (κ2) is 6.56. The van der Waals surface area contributed by atoms with Crippen LogP contribution in [0.25, 0.3) is 0 Å². The van der Waals surface area contributed by atoms with Crippen molar-refractivity contribution in [3.8, 4) is 11.5 Å². The summed E-state index contributed by atoms with van der Waals surface area (Å²) in [6.07, 6.45) is 1.56. The van der Waals surface area contributed by atoms with Crippen LogP contribution in [0, 0.1) is 6.92 Å². The lowest BCUT2D eigenvalue weighted by atomic mass is 10.2. The van der Waals surface area contributed by atoms with Gasteiger partial charge in [-0.25, -0.2) is 10.4 Å². The molecule has 0 spiro atoms. The molecule has 0 aliphatic rings. The Morgan fingerprint density at radius 3 is 2.76 bits per heavy atom. The summed E-state index contributed by atoms with van der Waals surface area (Å²) in [7, 11) is 3.16.